The molecule has 0 aliphatic heterocycles. The van der Waals surface area contributed by atoms with Crippen LogP contribution in [0.5, 0.6) is 0 Å². The van der Waals surface area contributed by atoms with Crippen molar-refractivity contribution >= 4 is 6.08 Å². The van der Waals surface area contributed by atoms with Crippen LogP contribution in [0.15, 0.2) is 18.2 Å². The molecule has 0 saturated heterocycles. The molecule has 95 valence electrons. The van der Waals surface area contributed by atoms with E-state index in [1.165, 1.54) is 42.7 Å². The number of fused-ring (bicyclic) bond motifs is 2. The Kier molecular flexibility index (Phi) is 2.84. The van der Waals surface area contributed by atoms with Crippen molar-refractivity contribution in [2.75, 3.05) is 0 Å². The van der Waals surface area contributed by atoms with E-state index in [2.05, 4.69) is 45.1 Å². The minimum atomic E-state index is 0.549. The molecule has 1 radical (unpaired) electrons. The highest BCUT2D eigenvalue weighted by Gasteiger charge is 2.35. The molecule has 0 unspecified atom stereocenters. The fourth-order valence-corrected chi connectivity index (χ4v) is 3.66. The summed E-state index contributed by atoms with van der Waals surface area (Å²) in [6.07, 6.45) is 10.9. The largest absolute Gasteiger partial charge is 0.0721 e. The summed E-state index contributed by atoms with van der Waals surface area (Å²) >= 11 is 0. The minimum absolute atomic E-state index is 0.549. The fourth-order valence-electron chi connectivity index (χ4n) is 3.66. The standard InChI is InChI=1S/C18H23/c1-4-13-7-8-14-9-15-11-18(5-2,6-3)12-16(15)10-17(13)14/h7-10H,4-6,11-12H2,1-3H3. The maximum Gasteiger partial charge on any atom is 0.0270 e. The minimum Gasteiger partial charge on any atom is -0.0721 e. The number of hydrogen-bond donors (Lipinski definition) is 0. The lowest BCUT2D eigenvalue weighted by Crippen LogP contribution is -2.18. The van der Waals surface area contributed by atoms with E-state index in [9.17, 15) is 0 Å². The maximum absolute atomic E-state index is 2.48. The van der Waals surface area contributed by atoms with Gasteiger partial charge in [0.25, 0.3) is 0 Å². The summed E-state index contributed by atoms with van der Waals surface area (Å²) in [5, 5.41) is 0. The van der Waals surface area contributed by atoms with Gasteiger partial charge in [-0.2, -0.15) is 0 Å². The van der Waals surface area contributed by atoms with E-state index in [4.69, 9.17) is 0 Å². The van der Waals surface area contributed by atoms with Crippen LogP contribution in [0.1, 0.15) is 62.3 Å². The second-order valence-electron chi connectivity index (χ2n) is 5.98. The van der Waals surface area contributed by atoms with E-state index in [-0.39, 0.29) is 0 Å². The summed E-state index contributed by atoms with van der Waals surface area (Å²) in [6.45, 7) is 6.96. The van der Waals surface area contributed by atoms with Gasteiger partial charge in [-0.25, -0.2) is 0 Å². The second-order valence-corrected chi connectivity index (χ2v) is 5.98. The van der Waals surface area contributed by atoms with Gasteiger partial charge in [-0.3, -0.25) is 0 Å². The van der Waals surface area contributed by atoms with Crippen molar-refractivity contribution in [2.24, 2.45) is 5.41 Å². The molecule has 1 aromatic carbocycles. The van der Waals surface area contributed by atoms with Gasteiger partial charge in [0.2, 0.25) is 0 Å². The Morgan fingerprint density at radius 1 is 0.944 bits per heavy atom. The van der Waals surface area contributed by atoms with Crippen LogP contribution < -0.4 is 0 Å². The SMILES string of the molecule is CC[C]1C=Cc2cc3c(cc21)CC(CC)(CC)C3. The van der Waals surface area contributed by atoms with Crippen molar-refractivity contribution in [3.63, 3.8) is 0 Å². The Morgan fingerprint density at radius 3 is 2.22 bits per heavy atom. The van der Waals surface area contributed by atoms with E-state index in [1.54, 1.807) is 11.1 Å². The lowest BCUT2D eigenvalue weighted by molar-refractivity contribution is 0.280. The lowest BCUT2D eigenvalue weighted by Gasteiger charge is -2.25. The monoisotopic (exact) mass is 239 g/mol. The van der Waals surface area contributed by atoms with Gasteiger partial charge in [-0.05, 0) is 59.8 Å². The summed E-state index contributed by atoms with van der Waals surface area (Å²) in [5.41, 5.74) is 6.73. The first kappa shape index (κ1) is 12.0. The lowest BCUT2D eigenvalue weighted by atomic mass is 9.80. The fraction of sp³-hybridized carbons (Fsp3) is 0.500. The van der Waals surface area contributed by atoms with Crippen LogP contribution in [0.2, 0.25) is 0 Å². The maximum atomic E-state index is 2.48. The van der Waals surface area contributed by atoms with Crippen molar-refractivity contribution in [3.8, 4) is 0 Å². The topological polar surface area (TPSA) is 0 Å². The molecule has 0 bridgehead atoms. The van der Waals surface area contributed by atoms with Gasteiger partial charge in [0.1, 0.15) is 0 Å². The predicted molar refractivity (Wildman–Crippen MR) is 78.5 cm³/mol. The van der Waals surface area contributed by atoms with Gasteiger partial charge < -0.3 is 0 Å². The molecule has 0 heteroatoms. The Bertz CT molecular complexity index is 489. The highest BCUT2D eigenvalue weighted by molar-refractivity contribution is 5.70. The Balaban J connectivity index is 1.99. The first-order valence-electron chi connectivity index (χ1n) is 7.41. The van der Waals surface area contributed by atoms with Gasteiger partial charge in [0.15, 0.2) is 0 Å². The third kappa shape index (κ3) is 1.66. The molecule has 0 saturated carbocycles. The third-order valence-electron chi connectivity index (χ3n) is 5.19. The second kappa shape index (κ2) is 4.26. The van der Waals surface area contributed by atoms with Gasteiger partial charge in [-0.1, -0.05) is 45.1 Å². The van der Waals surface area contributed by atoms with Crippen LogP contribution >= 0.6 is 0 Å². The normalized spacial score (nSPS) is 20.2. The van der Waals surface area contributed by atoms with Crippen molar-refractivity contribution < 1.29 is 0 Å². The molecule has 0 nitrogen and oxygen atoms in total. The third-order valence-corrected chi connectivity index (χ3v) is 5.19. The summed E-state index contributed by atoms with van der Waals surface area (Å²) in [4.78, 5) is 0. The van der Waals surface area contributed by atoms with Crippen LogP contribution in [0.4, 0.5) is 0 Å². The Morgan fingerprint density at radius 2 is 1.61 bits per heavy atom. The quantitative estimate of drug-likeness (QED) is 0.700. The molecule has 0 N–H and O–H groups in total. The molecule has 3 rings (SSSR count). The van der Waals surface area contributed by atoms with Gasteiger partial charge in [0, 0.05) is 5.92 Å². The molecular weight excluding hydrogens is 216 g/mol. The molecule has 0 spiro atoms. The van der Waals surface area contributed by atoms with Crippen molar-refractivity contribution in [2.45, 2.75) is 52.9 Å². The highest BCUT2D eigenvalue weighted by atomic mass is 14.4. The van der Waals surface area contributed by atoms with E-state index >= 15 is 0 Å². The molecule has 0 atom stereocenters. The molecular formula is C18H23. The molecule has 0 aromatic heterocycles. The molecule has 0 fully saturated rings. The predicted octanol–water partition coefficient (Wildman–Crippen LogP) is 4.95. The molecule has 18 heavy (non-hydrogen) atoms. The molecule has 2 aliphatic rings. The van der Waals surface area contributed by atoms with Crippen LogP contribution in [0.25, 0.3) is 6.08 Å². The van der Waals surface area contributed by atoms with Crippen molar-refractivity contribution in [3.05, 3.63) is 46.4 Å². The zero-order chi connectivity index (χ0) is 12.8. The number of benzene rings is 1. The number of allylic oxidation sites excluding steroid dienone is 1. The Labute approximate surface area is 111 Å². The summed E-state index contributed by atoms with van der Waals surface area (Å²) in [6, 6.07) is 4.94. The zero-order valence-corrected chi connectivity index (χ0v) is 11.8. The first-order chi connectivity index (χ1) is 8.71. The van der Waals surface area contributed by atoms with Crippen LogP contribution in [-0.2, 0) is 12.8 Å². The Hall–Kier alpha value is -1.04. The smallest absolute Gasteiger partial charge is 0.0270 e. The van der Waals surface area contributed by atoms with E-state index in [0.717, 1.165) is 6.42 Å². The van der Waals surface area contributed by atoms with Gasteiger partial charge in [-0.15, -0.1) is 0 Å². The summed E-state index contributed by atoms with van der Waals surface area (Å²) < 4.78 is 0. The molecule has 0 heterocycles. The van der Waals surface area contributed by atoms with Crippen LogP contribution in [0, 0.1) is 11.3 Å². The van der Waals surface area contributed by atoms with Crippen LogP contribution in [0.3, 0.4) is 0 Å². The number of hydrogen-bond acceptors (Lipinski definition) is 0. The summed E-state index contributed by atoms with van der Waals surface area (Å²) in [7, 11) is 0. The number of rotatable bonds is 3. The average molecular weight is 239 g/mol. The molecule has 1 aromatic rings. The van der Waals surface area contributed by atoms with Crippen molar-refractivity contribution in [1.29, 1.82) is 0 Å². The van der Waals surface area contributed by atoms with E-state index in [1.807, 2.05) is 0 Å². The van der Waals surface area contributed by atoms with E-state index in [0.29, 0.717) is 5.41 Å². The summed E-state index contributed by atoms with van der Waals surface area (Å²) in [5.74, 6) is 1.51. The molecule has 2 aliphatic carbocycles. The highest BCUT2D eigenvalue weighted by Crippen LogP contribution is 2.45. The van der Waals surface area contributed by atoms with Gasteiger partial charge >= 0.3 is 0 Å². The van der Waals surface area contributed by atoms with E-state index < -0.39 is 0 Å². The van der Waals surface area contributed by atoms with Crippen molar-refractivity contribution in [1.82, 2.24) is 0 Å². The first-order valence-corrected chi connectivity index (χ1v) is 7.41. The molecule has 0 amide bonds. The zero-order valence-electron chi connectivity index (χ0n) is 11.8. The average Bonchev–Trinajstić information content (AvgIpc) is 2.96. The van der Waals surface area contributed by atoms with Crippen LogP contribution in [-0.4, -0.2) is 0 Å². The van der Waals surface area contributed by atoms with Gasteiger partial charge in [0.05, 0.1) is 0 Å².